The van der Waals surface area contributed by atoms with Crippen molar-refractivity contribution < 1.29 is 4.74 Å². The molecule has 1 saturated carbocycles. The molecule has 3 aromatic rings. The highest BCUT2D eigenvalue weighted by atomic mass is 16.5. The average molecular weight is 364 g/mol. The molecule has 3 atom stereocenters. The van der Waals surface area contributed by atoms with Crippen molar-refractivity contribution >= 4 is 10.9 Å². The second kappa shape index (κ2) is 7.04. The lowest BCUT2D eigenvalue weighted by Crippen LogP contribution is -2.35. The number of aromatic nitrogens is 4. The first-order valence-corrected chi connectivity index (χ1v) is 9.78. The largest absolute Gasteiger partial charge is 0.368 e. The quantitative estimate of drug-likeness (QED) is 0.667. The molecule has 1 aliphatic carbocycles. The van der Waals surface area contributed by atoms with E-state index in [1.54, 1.807) is 11.0 Å². The molecule has 0 aliphatic heterocycles. The molecule has 1 aliphatic rings. The second-order valence-corrected chi connectivity index (χ2v) is 8.54. The van der Waals surface area contributed by atoms with Crippen LogP contribution in [-0.2, 0) is 11.8 Å². The van der Waals surface area contributed by atoms with Crippen LogP contribution in [0.3, 0.4) is 0 Å². The average Bonchev–Trinajstić information content (AvgIpc) is 3.08. The zero-order chi connectivity index (χ0) is 19.0. The molecule has 1 fully saturated rings. The van der Waals surface area contributed by atoms with Gasteiger partial charge in [-0.25, -0.2) is 4.98 Å². The normalized spacial score (nSPS) is 23.4. The first kappa shape index (κ1) is 18.1. The minimum atomic E-state index is -0.0629. The molecule has 0 saturated heterocycles. The molecule has 0 N–H and O–H groups in total. The van der Waals surface area contributed by atoms with Gasteiger partial charge in [-0.2, -0.15) is 5.10 Å². The third kappa shape index (κ3) is 3.88. The van der Waals surface area contributed by atoms with E-state index in [4.69, 9.17) is 9.72 Å². The highest BCUT2D eigenvalue weighted by Crippen LogP contribution is 2.45. The van der Waals surface area contributed by atoms with Gasteiger partial charge in [0.2, 0.25) is 0 Å². The van der Waals surface area contributed by atoms with Gasteiger partial charge < -0.3 is 4.74 Å². The van der Waals surface area contributed by atoms with E-state index in [-0.39, 0.29) is 23.5 Å². The summed E-state index contributed by atoms with van der Waals surface area (Å²) in [6.07, 6.45) is 5.05. The van der Waals surface area contributed by atoms with Gasteiger partial charge >= 0.3 is 0 Å². The van der Waals surface area contributed by atoms with Crippen molar-refractivity contribution in [3.05, 3.63) is 54.2 Å². The van der Waals surface area contributed by atoms with Crippen LogP contribution in [0.4, 0.5) is 0 Å². The van der Waals surface area contributed by atoms with Gasteiger partial charge in [0.25, 0.3) is 0 Å². The van der Waals surface area contributed by atoms with Crippen LogP contribution in [0.2, 0.25) is 0 Å². The summed E-state index contributed by atoms with van der Waals surface area (Å²) in [5.74, 6) is 1.12. The number of para-hydroxylation sites is 1. The zero-order valence-corrected chi connectivity index (χ0v) is 16.6. The number of pyridine rings is 1. The number of aryl methyl sites for hydroxylation is 1. The van der Waals surface area contributed by atoms with Crippen LogP contribution in [0.1, 0.15) is 63.6 Å². The van der Waals surface area contributed by atoms with Crippen molar-refractivity contribution in [2.24, 2.45) is 12.5 Å². The summed E-state index contributed by atoms with van der Waals surface area (Å²) in [6.45, 7) is 6.75. The molecule has 27 heavy (non-hydrogen) atoms. The van der Waals surface area contributed by atoms with Gasteiger partial charge in [-0.15, -0.1) is 0 Å². The Labute approximate surface area is 160 Å². The van der Waals surface area contributed by atoms with Crippen LogP contribution >= 0.6 is 0 Å². The number of rotatable bonds is 4. The zero-order valence-electron chi connectivity index (χ0n) is 16.6. The molecule has 0 radical (unpaired) electrons. The summed E-state index contributed by atoms with van der Waals surface area (Å²) in [5.41, 5.74) is 2.28. The molecular formula is C22H28N4O. The molecule has 4 rings (SSSR count). The predicted octanol–water partition coefficient (Wildman–Crippen LogP) is 4.80. The number of hydrogen-bond acceptors (Lipinski definition) is 4. The number of nitrogens with zero attached hydrogens (tertiary/aromatic N) is 4. The Bertz CT molecular complexity index is 933. The molecule has 3 unspecified atom stereocenters. The summed E-state index contributed by atoms with van der Waals surface area (Å²) in [7, 11) is 1.92. The van der Waals surface area contributed by atoms with Gasteiger partial charge in [0.15, 0.2) is 5.82 Å². The fourth-order valence-corrected chi connectivity index (χ4v) is 4.15. The SMILES string of the molecule is CC(OC1CCC(C)(C)CC1c1ncn(C)n1)c1ccc2ccccc2n1. The van der Waals surface area contributed by atoms with E-state index in [2.05, 4.69) is 55.1 Å². The molecule has 2 heterocycles. The molecule has 0 spiro atoms. The van der Waals surface area contributed by atoms with Crippen molar-refractivity contribution in [3.63, 3.8) is 0 Å². The summed E-state index contributed by atoms with van der Waals surface area (Å²) in [6, 6.07) is 12.4. The number of ether oxygens (including phenoxy) is 1. The van der Waals surface area contributed by atoms with Gasteiger partial charge in [0.05, 0.1) is 23.4 Å². The molecule has 1 aromatic carbocycles. The van der Waals surface area contributed by atoms with Crippen LogP contribution in [0.25, 0.3) is 10.9 Å². The van der Waals surface area contributed by atoms with Crippen LogP contribution in [-0.4, -0.2) is 25.9 Å². The fourth-order valence-electron chi connectivity index (χ4n) is 4.15. The maximum atomic E-state index is 6.54. The summed E-state index contributed by atoms with van der Waals surface area (Å²) < 4.78 is 8.32. The van der Waals surface area contributed by atoms with Crippen molar-refractivity contribution in [3.8, 4) is 0 Å². The van der Waals surface area contributed by atoms with E-state index in [9.17, 15) is 0 Å². The maximum Gasteiger partial charge on any atom is 0.156 e. The lowest BCUT2D eigenvalue weighted by Gasteiger charge is -2.40. The standard InChI is InChI=1S/C22H28N4O/c1-15(18-10-9-16-7-5-6-8-19(16)24-18)27-20-11-12-22(2,3)13-17(20)21-23-14-26(4)25-21/h5-10,14-15,17,20H,11-13H2,1-4H3. The van der Waals surface area contributed by atoms with Crippen LogP contribution < -0.4 is 0 Å². The lowest BCUT2D eigenvalue weighted by molar-refractivity contribution is -0.0558. The van der Waals surface area contributed by atoms with E-state index in [0.717, 1.165) is 41.7 Å². The first-order chi connectivity index (χ1) is 12.9. The summed E-state index contributed by atoms with van der Waals surface area (Å²) in [5, 5.41) is 5.74. The monoisotopic (exact) mass is 364 g/mol. The van der Waals surface area contributed by atoms with Crippen molar-refractivity contribution in [2.45, 2.75) is 58.2 Å². The van der Waals surface area contributed by atoms with Crippen LogP contribution in [0, 0.1) is 5.41 Å². The van der Waals surface area contributed by atoms with Gasteiger partial charge in [-0.3, -0.25) is 9.67 Å². The van der Waals surface area contributed by atoms with E-state index in [0.29, 0.717) is 0 Å². The van der Waals surface area contributed by atoms with Crippen LogP contribution in [0.5, 0.6) is 0 Å². The fraction of sp³-hybridized carbons (Fsp3) is 0.500. The number of benzene rings is 1. The Morgan fingerprint density at radius 3 is 2.78 bits per heavy atom. The Kier molecular flexibility index (Phi) is 4.72. The highest BCUT2D eigenvalue weighted by molar-refractivity contribution is 5.78. The van der Waals surface area contributed by atoms with E-state index >= 15 is 0 Å². The number of hydrogen-bond donors (Lipinski definition) is 0. The molecule has 5 heteroatoms. The first-order valence-electron chi connectivity index (χ1n) is 9.78. The van der Waals surface area contributed by atoms with Crippen molar-refractivity contribution in [1.29, 1.82) is 0 Å². The lowest BCUT2D eigenvalue weighted by atomic mass is 9.70. The van der Waals surface area contributed by atoms with E-state index in [1.807, 2.05) is 19.2 Å². The van der Waals surface area contributed by atoms with Gasteiger partial charge in [-0.05, 0) is 43.7 Å². The third-order valence-electron chi connectivity index (χ3n) is 5.69. The molecule has 5 nitrogen and oxygen atoms in total. The molecule has 142 valence electrons. The Morgan fingerprint density at radius 1 is 1.19 bits per heavy atom. The Hall–Kier alpha value is -2.27. The summed E-state index contributed by atoms with van der Waals surface area (Å²) >= 11 is 0. The van der Waals surface area contributed by atoms with Crippen molar-refractivity contribution in [2.75, 3.05) is 0 Å². The second-order valence-electron chi connectivity index (χ2n) is 8.54. The van der Waals surface area contributed by atoms with Gasteiger partial charge in [-0.1, -0.05) is 38.1 Å². The molecule has 2 aromatic heterocycles. The predicted molar refractivity (Wildman–Crippen MR) is 106 cm³/mol. The minimum Gasteiger partial charge on any atom is -0.368 e. The van der Waals surface area contributed by atoms with E-state index in [1.165, 1.54) is 0 Å². The van der Waals surface area contributed by atoms with Gasteiger partial charge in [0, 0.05) is 18.4 Å². The maximum absolute atomic E-state index is 6.54. The number of fused-ring (bicyclic) bond motifs is 1. The van der Waals surface area contributed by atoms with Crippen LogP contribution in [0.15, 0.2) is 42.7 Å². The third-order valence-corrected chi connectivity index (χ3v) is 5.69. The van der Waals surface area contributed by atoms with E-state index < -0.39 is 0 Å². The summed E-state index contributed by atoms with van der Waals surface area (Å²) in [4.78, 5) is 9.34. The topological polar surface area (TPSA) is 52.8 Å². The van der Waals surface area contributed by atoms with Gasteiger partial charge in [0.1, 0.15) is 6.33 Å². The molecule has 0 bridgehead atoms. The molecule has 0 amide bonds. The molecular weight excluding hydrogens is 336 g/mol. The Morgan fingerprint density at radius 2 is 2.00 bits per heavy atom. The highest BCUT2D eigenvalue weighted by Gasteiger charge is 2.39. The van der Waals surface area contributed by atoms with Crippen molar-refractivity contribution in [1.82, 2.24) is 19.7 Å². The smallest absolute Gasteiger partial charge is 0.156 e. The Balaban J connectivity index is 1.56. The minimum absolute atomic E-state index is 0.0629.